The molecule has 2 heterocycles. The highest BCUT2D eigenvalue weighted by atomic mass is 35.5. The SMILES string of the molecule is CC1(NC(=O)Nc2cccc(C(=O)Nc3ccc(Cl)cn3)c2)CCN(Cc2ccccc2)C1. The van der Waals surface area contributed by atoms with Gasteiger partial charge in [-0.05, 0) is 49.2 Å². The lowest BCUT2D eigenvalue weighted by Gasteiger charge is -2.26. The number of nitrogens with zero attached hydrogens (tertiary/aromatic N) is 2. The van der Waals surface area contributed by atoms with Crippen molar-refractivity contribution < 1.29 is 9.59 Å². The minimum atomic E-state index is -0.326. The van der Waals surface area contributed by atoms with Crippen molar-refractivity contribution in [1.29, 1.82) is 0 Å². The van der Waals surface area contributed by atoms with Gasteiger partial charge in [0.25, 0.3) is 5.91 Å². The molecule has 2 aromatic carbocycles. The second-order valence-corrected chi connectivity index (χ2v) is 8.92. The standard InChI is InChI=1S/C25H26ClN5O2/c1-25(12-13-31(17-25)16-18-6-3-2-4-7-18)30-24(33)28-21-9-5-8-19(14-21)23(32)29-22-11-10-20(26)15-27-22/h2-11,14-15H,12-13,16-17H2,1H3,(H,27,29,32)(H2,28,30,33). The Morgan fingerprint density at radius 3 is 2.64 bits per heavy atom. The second kappa shape index (κ2) is 10.0. The number of nitrogens with one attached hydrogen (secondary N) is 3. The van der Waals surface area contributed by atoms with E-state index in [9.17, 15) is 9.59 Å². The Morgan fingerprint density at radius 1 is 1.06 bits per heavy atom. The van der Waals surface area contributed by atoms with Gasteiger partial charge in [-0.3, -0.25) is 9.69 Å². The van der Waals surface area contributed by atoms with Crippen molar-refractivity contribution in [3.05, 3.63) is 89.1 Å². The Hall–Kier alpha value is -3.42. The molecule has 4 rings (SSSR count). The lowest BCUT2D eigenvalue weighted by atomic mass is 10.0. The highest BCUT2D eigenvalue weighted by molar-refractivity contribution is 6.30. The van der Waals surface area contributed by atoms with Gasteiger partial charge >= 0.3 is 6.03 Å². The maximum absolute atomic E-state index is 12.7. The summed E-state index contributed by atoms with van der Waals surface area (Å²) in [5.74, 6) is 0.0721. The number of pyridine rings is 1. The van der Waals surface area contributed by atoms with Crippen molar-refractivity contribution in [2.75, 3.05) is 23.7 Å². The average molecular weight is 464 g/mol. The number of carbonyl (C=O) groups is 2. The number of aromatic nitrogens is 1. The predicted molar refractivity (Wildman–Crippen MR) is 131 cm³/mol. The molecular weight excluding hydrogens is 438 g/mol. The molecule has 0 radical (unpaired) electrons. The number of urea groups is 1. The Kier molecular flexibility index (Phi) is 6.91. The Balaban J connectivity index is 1.32. The monoisotopic (exact) mass is 463 g/mol. The first-order valence-electron chi connectivity index (χ1n) is 10.8. The molecule has 0 spiro atoms. The van der Waals surface area contributed by atoms with Crippen LogP contribution in [0.4, 0.5) is 16.3 Å². The Labute approximate surface area is 198 Å². The van der Waals surface area contributed by atoms with Crippen LogP contribution >= 0.6 is 11.6 Å². The number of benzene rings is 2. The molecule has 33 heavy (non-hydrogen) atoms. The van der Waals surface area contributed by atoms with E-state index in [4.69, 9.17) is 11.6 Å². The number of rotatable bonds is 6. The number of carbonyl (C=O) groups excluding carboxylic acids is 2. The molecule has 0 bridgehead atoms. The van der Waals surface area contributed by atoms with Crippen molar-refractivity contribution in [2.24, 2.45) is 0 Å². The molecule has 3 N–H and O–H groups in total. The number of halogens is 1. The minimum absolute atomic E-state index is 0.295. The van der Waals surface area contributed by atoms with Crippen LogP contribution in [-0.2, 0) is 6.54 Å². The third kappa shape index (κ3) is 6.31. The molecule has 0 saturated carbocycles. The second-order valence-electron chi connectivity index (χ2n) is 8.48. The molecule has 3 amide bonds. The predicted octanol–water partition coefficient (Wildman–Crippen LogP) is 4.77. The van der Waals surface area contributed by atoms with E-state index in [2.05, 4.69) is 44.9 Å². The van der Waals surface area contributed by atoms with Gasteiger partial charge < -0.3 is 16.0 Å². The van der Waals surface area contributed by atoms with Crippen molar-refractivity contribution in [2.45, 2.75) is 25.4 Å². The van der Waals surface area contributed by atoms with Crippen molar-refractivity contribution >= 4 is 35.0 Å². The lowest BCUT2D eigenvalue weighted by Crippen LogP contribution is -2.49. The summed E-state index contributed by atoms with van der Waals surface area (Å²) in [4.78, 5) is 31.6. The molecule has 1 fully saturated rings. The van der Waals surface area contributed by atoms with E-state index in [1.165, 1.54) is 11.8 Å². The Bertz CT molecular complexity index is 1120. The summed E-state index contributed by atoms with van der Waals surface area (Å²) < 4.78 is 0. The van der Waals surface area contributed by atoms with Crippen LogP contribution in [0.5, 0.6) is 0 Å². The number of amides is 3. The van der Waals surface area contributed by atoms with Crippen LogP contribution in [0.2, 0.25) is 5.02 Å². The molecule has 7 nitrogen and oxygen atoms in total. The third-order valence-corrected chi connectivity index (χ3v) is 5.79. The molecule has 1 unspecified atom stereocenters. The van der Waals surface area contributed by atoms with Gasteiger partial charge in [0.15, 0.2) is 0 Å². The van der Waals surface area contributed by atoms with Crippen LogP contribution in [0.1, 0.15) is 29.3 Å². The summed E-state index contributed by atoms with van der Waals surface area (Å²) in [7, 11) is 0. The zero-order chi connectivity index (χ0) is 23.3. The van der Waals surface area contributed by atoms with Gasteiger partial charge in [0.05, 0.1) is 10.6 Å². The number of anilines is 2. The van der Waals surface area contributed by atoms with Crippen LogP contribution in [0, 0.1) is 0 Å². The zero-order valence-electron chi connectivity index (χ0n) is 18.3. The maximum Gasteiger partial charge on any atom is 0.319 e. The van der Waals surface area contributed by atoms with E-state index in [-0.39, 0.29) is 17.5 Å². The quantitative estimate of drug-likeness (QED) is 0.491. The molecule has 8 heteroatoms. The first-order chi connectivity index (χ1) is 15.9. The largest absolute Gasteiger partial charge is 0.331 e. The van der Waals surface area contributed by atoms with Gasteiger partial charge in [-0.2, -0.15) is 0 Å². The lowest BCUT2D eigenvalue weighted by molar-refractivity contribution is 0.102. The first kappa shape index (κ1) is 22.8. The van der Waals surface area contributed by atoms with Gasteiger partial charge in [-0.1, -0.05) is 48.0 Å². The molecular formula is C25H26ClN5O2. The van der Waals surface area contributed by atoms with E-state index in [1.807, 2.05) is 18.2 Å². The third-order valence-electron chi connectivity index (χ3n) is 5.57. The highest BCUT2D eigenvalue weighted by Crippen LogP contribution is 2.23. The normalized spacial score (nSPS) is 18.0. The van der Waals surface area contributed by atoms with Crippen molar-refractivity contribution in [1.82, 2.24) is 15.2 Å². The van der Waals surface area contributed by atoms with Gasteiger partial charge in [-0.25, -0.2) is 9.78 Å². The summed E-state index contributed by atoms with van der Waals surface area (Å²) in [6, 6.07) is 20.1. The topological polar surface area (TPSA) is 86.4 Å². The summed E-state index contributed by atoms with van der Waals surface area (Å²) in [5, 5.41) is 9.15. The maximum atomic E-state index is 12.7. The van der Waals surface area contributed by atoms with E-state index < -0.39 is 0 Å². The van der Waals surface area contributed by atoms with Gasteiger partial charge in [-0.15, -0.1) is 0 Å². The number of hydrogen-bond acceptors (Lipinski definition) is 4. The fourth-order valence-electron chi connectivity index (χ4n) is 3.95. The highest BCUT2D eigenvalue weighted by Gasteiger charge is 2.35. The summed E-state index contributed by atoms with van der Waals surface area (Å²) >= 11 is 5.83. The molecule has 0 aliphatic carbocycles. The number of hydrogen-bond donors (Lipinski definition) is 3. The summed E-state index contributed by atoms with van der Waals surface area (Å²) in [5.41, 5.74) is 1.88. The van der Waals surface area contributed by atoms with Crippen LogP contribution in [0.25, 0.3) is 0 Å². The van der Waals surface area contributed by atoms with Crippen LogP contribution in [0.3, 0.4) is 0 Å². The van der Waals surface area contributed by atoms with Gasteiger partial charge in [0.1, 0.15) is 5.82 Å². The Morgan fingerprint density at radius 2 is 1.88 bits per heavy atom. The fraction of sp³-hybridized carbons (Fsp3) is 0.240. The molecule has 1 aliphatic rings. The van der Waals surface area contributed by atoms with Crippen molar-refractivity contribution in [3.8, 4) is 0 Å². The molecule has 3 aromatic rings. The van der Waals surface area contributed by atoms with E-state index >= 15 is 0 Å². The van der Waals surface area contributed by atoms with E-state index in [0.29, 0.717) is 22.1 Å². The smallest absolute Gasteiger partial charge is 0.319 e. The van der Waals surface area contributed by atoms with E-state index in [0.717, 1.165) is 26.1 Å². The van der Waals surface area contributed by atoms with Gasteiger partial charge in [0.2, 0.25) is 0 Å². The van der Waals surface area contributed by atoms with Crippen LogP contribution in [-0.4, -0.2) is 40.5 Å². The zero-order valence-corrected chi connectivity index (χ0v) is 19.1. The number of likely N-dealkylation sites (tertiary alicyclic amines) is 1. The molecule has 1 atom stereocenters. The molecule has 1 aliphatic heterocycles. The van der Waals surface area contributed by atoms with Gasteiger partial charge in [0, 0.05) is 37.1 Å². The van der Waals surface area contributed by atoms with E-state index in [1.54, 1.807) is 36.4 Å². The molecule has 170 valence electrons. The minimum Gasteiger partial charge on any atom is -0.331 e. The molecule has 1 saturated heterocycles. The van der Waals surface area contributed by atoms with Crippen LogP contribution < -0.4 is 16.0 Å². The first-order valence-corrected chi connectivity index (χ1v) is 11.1. The fourth-order valence-corrected chi connectivity index (χ4v) is 4.06. The summed E-state index contributed by atoms with van der Waals surface area (Å²) in [6.07, 6.45) is 2.33. The molecule has 1 aromatic heterocycles. The van der Waals surface area contributed by atoms with Crippen molar-refractivity contribution in [3.63, 3.8) is 0 Å². The summed E-state index contributed by atoms with van der Waals surface area (Å²) in [6.45, 7) is 4.60. The average Bonchev–Trinajstić information content (AvgIpc) is 3.15. The van der Waals surface area contributed by atoms with Crippen LogP contribution in [0.15, 0.2) is 72.9 Å².